The summed E-state index contributed by atoms with van der Waals surface area (Å²) in [5.74, 6) is 1.73. The van der Waals surface area contributed by atoms with Crippen LogP contribution in [-0.2, 0) is 4.74 Å². The Kier molecular flexibility index (Phi) is 3.05. The fourth-order valence-electron chi connectivity index (χ4n) is 2.92. The molecule has 6 nitrogen and oxygen atoms in total. The molecule has 0 saturated carbocycles. The first-order valence-corrected chi connectivity index (χ1v) is 7.86. The van der Waals surface area contributed by atoms with Crippen molar-refractivity contribution in [2.24, 2.45) is 5.73 Å². The average Bonchev–Trinajstić information content (AvgIpc) is 3.13. The summed E-state index contributed by atoms with van der Waals surface area (Å²) >= 11 is 1.62. The normalized spacial score (nSPS) is 27.6. The van der Waals surface area contributed by atoms with Gasteiger partial charge < -0.3 is 10.5 Å². The van der Waals surface area contributed by atoms with Gasteiger partial charge in [-0.1, -0.05) is 23.5 Å². The van der Waals surface area contributed by atoms with E-state index in [1.165, 1.54) is 0 Å². The Balaban J connectivity index is 1.66. The highest BCUT2D eigenvalue weighted by Gasteiger charge is 2.26. The molecular formula is C13H17N5OS. The maximum absolute atomic E-state index is 5.92. The molecule has 1 aliphatic carbocycles. The summed E-state index contributed by atoms with van der Waals surface area (Å²) in [5.41, 5.74) is 5.92. The van der Waals surface area contributed by atoms with Crippen LogP contribution in [0.15, 0.2) is 12.2 Å². The van der Waals surface area contributed by atoms with Gasteiger partial charge in [-0.3, -0.25) is 0 Å². The second kappa shape index (κ2) is 4.91. The van der Waals surface area contributed by atoms with Crippen molar-refractivity contribution in [3.05, 3.63) is 23.0 Å². The van der Waals surface area contributed by atoms with Gasteiger partial charge in [-0.05, 0) is 19.3 Å². The van der Waals surface area contributed by atoms with Crippen molar-refractivity contribution < 1.29 is 4.74 Å². The van der Waals surface area contributed by atoms with Crippen LogP contribution in [0.3, 0.4) is 0 Å². The minimum absolute atomic E-state index is 0.157. The molecule has 2 N–H and O–H groups in total. The lowest BCUT2D eigenvalue weighted by atomic mass is 10.00. The van der Waals surface area contributed by atoms with Gasteiger partial charge in [-0.2, -0.15) is 9.61 Å². The molecule has 0 radical (unpaired) electrons. The van der Waals surface area contributed by atoms with Gasteiger partial charge in [0.2, 0.25) is 4.96 Å². The third-order valence-electron chi connectivity index (χ3n) is 4.05. The van der Waals surface area contributed by atoms with E-state index in [9.17, 15) is 0 Å². The van der Waals surface area contributed by atoms with Crippen LogP contribution in [0.5, 0.6) is 0 Å². The molecule has 0 bridgehead atoms. The van der Waals surface area contributed by atoms with Crippen LogP contribution in [0.1, 0.15) is 41.9 Å². The summed E-state index contributed by atoms with van der Waals surface area (Å²) in [5, 5.41) is 14.4. The van der Waals surface area contributed by atoms with Gasteiger partial charge >= 0.3 is 0 Å². The third-order valence-corrected chi connectivity index (χ3v) is 5.08. The average molecular weight is 291 g/mol. The number of allylic oxidation sites excluding steroid dienone is 1. The van der Waals surface area contributed by atoms with Crippen molar-refractivity contribution in [3.63, 3.8) is 0 Å². The Bertz CT molecular complexity index is 642. The molecule has 2 aliphatic rings. The predicted molar refractivity (Wildman–Crippen MR) is 75.9 cm³/mol. The lowest BCUT2D eigenvalue weighted by molar-refractivity contribution is 0.0831. The first kappa shape index (κ1) is 12.4. The molecule has 7 heteroatoms. The summed E-state index contributed by atoms with van der Waals surface area (Å²) in [6.07, 6.45) is 7.16. The van der Waals surface area contributed by atoms with Crippen LogP contribution in [0.2, 0.25) is 0 Å². The Morgan fingerprint density at radius 2 is 2.10 bits per heavy atom. The third kappa shape index (κ3) is 2.06. The number of hydrogen-bond donors (Lipinski definition) is 1. The molecule has 2 atom stereocenters. The standard InChI is InChI=1S/C13H17N5OS/c14-10-2-1-9(7-10)12-17-18-11(15-16-13(18)20-12)8-3-5-19-6-4-8/h1-2,8-10H,3-7,14H2. The molecule has 20 heavy (non-hydrogen) atoms. The molecule has 3 heterocycles. The molecule has 0 amide bonds. The van der Waals surface area contributed by atoms with Gasteiger partial charge in [0, 0.05) is 31.1 Å². The van der Waals surface area contributed by atoms with Gasteiger partial charge in [-0.15, -0.1) is 10.2 Å². The van der Waals surface area contributed by atoms with Crippen LogP contribution in [0, 0.1) is 0 Å². The maximum atomic E-state index is 5.92. The fraction of sp³-hybridized carbons (Fsp3) is 0.615. The summed E-state index contributed by atoms with van der Waals surface area (Å²) in [6.45, 7) is 1.60. The molecule has 1 saturated heterocycles. The zero-order valence-electron chi connectivity index (χ0n) is 11.1. The van der Waals surface area contributed by atoms with Gasteiger partial charge in [0.1, 0.15) is 5.01 Å². The number of ether oxygens (including phenoxy) is 1. The van der Waals surface area contributed by atoms with Crippen molar-refractivity contribution in [1.29, 1.82) is 0 Å². The van der Waals surface area contributed by atoms with Gasteiger partial charge in [0.05, 0.1) is 0 Å². The second-order valence-corrected chi connectivity index (χ2v) is 6.46. The zero-order valence-corrected chi connectivity index (χ0v) is 11.9. The largest absolute Gasteiger partial charge is 0.381 e. The van der Waals surface area contributed by atoms with Crippen LogP contribution < -0.4 is 5.73 Å². The molecule has 0 aromatic carbocycles. The quantitative estimate of drug-likeness (QED) is 0.847. The van der Waals surface area contributed by atoms with E-state index in [1.54, 1.807) is 11.3 Å². The zero-order chi connectivity index (χ0) is 13.5. The lowest BCUT2D eigenvalue weighted by Crippen LogP contribution is -2.17. The van der Waals surface area contributed by atoms with Crippen molar-refractivity contribution in [2.75, 3.05) is 13.2 Å². The highest BCUT2D eigenvalue weighted by molar-refractivity contribution is 7.16. The number of fused-ring (bicyclic) bond motifs is 1. The number of nitrogens with zero attached hydrogens (tertiary/aromatic N) is 4. The minimum atomic E-state index is 0.157. The molecule has 1 aliphatic heterocycles. The van der Waals surface area contributed by atoms with Crippen LogP contribution in [0.4, 0.5) is 0 Å². The molecule has 2 aromatic heterocycles. The second-order valence-electron chi connectivity index (χ2n) is 5.47. The molecule has 2 unspecified atom stereocenters. The molecule has 4 rings (SSSR count). The minimum Gasteiger partial charge on any atom is -0.381 e. The number of hydrogen-bond acceptors (Lipinski definition) is 6. The molecular weight excluding hydrogens is 274 g/mol. The van der Waals surface area contributed by atoms with E-state index in [2.05, 4.69) is 22.3 Å². The van der Waals surface area contributed by atoms with E-state index < -0.39 is 0 Å². The van der Waals surface area contributed by atoms with Crippen LogP contribution in [-0.4, -0.2) is 39.1 Å². The van der Waals surface area contributed by atoms with Crippen molar-refractivity contribution >= 4 is 16.3 Å². The van der Waals surface area contributed by atoms with E-state index in [-0.39, 0.29) is 6.04 Å². The first-order valence-electron chi connectivity index (χ1n) is 7.05. The molecule has 2 aromatic rings. The van der Waals surface area contributed by atoms with Gasteiger partial charge in [0.25, 0.3) is 0 Å². The summed E-state index contributed by atoms with van der Waals surface area (Å²) in [6, 6.07) is 0.157. The molecule has 0 spiro atoms. The van der Waals surface area contributed by atoms with E-state index >= 15 is 0 Å². The fourth-order valence-corrected chi connectivity index (χ4v) is 3.86. The van der Waals surface area contributed by atoms with Gasteiger partial charge in [0.15, 0.2) is 5.82 Å². The smallest absolute Gasteiger partial charge is 0.234 e. The maximum Gasteiger partial charge on any atom is 0.234 e. The van der Waals surface area contributed by atoms with Crippen LogP contribution >= 0.6 is 11.3 Å². The topological polar surface area (TPSA) is 78.3 Å². The van der Waals surface area contributed by atoms with Gasteiger partial charge in [-0.25, -0.2) is 0 Å². The number of aromatic nitrogens is 4. The summed E-state index contributed by atoms with van der Waals surface area (Å²) in [4.78, 5) is 0.885. The van der Waals surface area contributed by atoms with Crippen molar-refractivity contribution in [3.8, 4) is 0 Å². The Hall–Kier alpha value is -1.31. The SMILES string of the molecule is NC1C=CC(c2nn3c(C4CCOCC4)nnc3s2)C1. The number of rotatable bonds is 2. The van der Waals surface area contributed by atoms with E-state index in [0.29, 0.717) is 11.8 Å². The van der Waals surface area contributed by atoms with E-state index in [1.807, 2.05) is 4.52 Å². The Labute approximate surface area is 120 Å². The Morgan fingerprint density at radius 3 is 2.85 bits per heavy atom. The Morgan fingerprint density at radius 1 is 1.25 bits per heavy atom. The summed E-state index contributed by atoms with van der Waals surface area (Å²) < 4.78 is 7.33. The van der Waals surface area contributed by atoms with E-state index in [0.717, 1.165) is 48.3 Å². The van der Waals surface area contributed by atoms with Crippen molar-refractivity contribution in [1.82, 2.24) is 19.8 Å². The highest BCUT2D eigenvalue weighted by Crippen LogP contribution is 2.33. The van der Waals surface area contributed by atoms with Crippen LogP contribution in [0.25, 0.3) is 4.96 Å². The lowest BCUT2D eigenvalue weighted by Gasteiger charge is -2.19. The number of nitrogens with two attached hydrogens (primary N) is 1. The van der Waals surface area contributed by atoms with Crippen molar-refractivity contribution in [2.45, 2.75) is 37.1 Å². The molecule has 106 valence electrons. The van der Waals surface area contributed by atoms with E-state index in [4.69, 9.17) is 15.6 Å². The first-order chi connectivity index (χ1) is 9.81. The predicted octanol–water partition coefficient (Wildman–Crippen LogP) is 1.45. The monoisotopic (exact) mass is 291 g/mol. The highest BCUT2D eigenvalue weighted by atomic mass is 32.1. The summed E-state index contributed by atoms with van der Waals surface area (Å²) in [7, 11) is 0. The molecule has 1 fully saturated rings.